The summed E-state index contributed by atoms with van der Waals surface area (Å²) < 4.78 is 0. The molecule has 0 aromatic carbocycles. The fourth-order valence-corrected chi connectivity index (χ4v) is 4.74. The fourth-order valence-electron chi connectivity index (χ4n) is 2.22. The highest BCUT2D eigenvalue weighted by atomic mass is 28.3. The molecule has 0 fully saturated rings. The van der Waals surface area contributed by atoms with Crippen LogP contribution in [0.1, 0.15) is 41.5 Å². The third-order valence-electron chi connectivity index (χ3n) is 4.57. The average molecular weight is 276 g/mol. The van der Waals surface area contributed by atoms with E-state index in [1.807, 2.05) is 6.08 Å². The zero-order chi connectivity index (χ0) is 15.1. The van der Waals surface area contributed by atoms with Gasteiger partial charge in [-0.05, 0) is 28.8 Å². The second-order valence-corrected chi connectivity index (χ2v) is 13.0. The third-order valence-corrected chi connectivity index (χ3v) is 10.2. The minimum atomic E-state index is -1.80. The van der Waals surface area contributed by atoms with Crippen LogP contribution in [0.4, 0.5) is 0 Å². The van der Waals surface area contributed by atoms with Crippen molar-refractivity contribution in [2.75, 3.05) is 0 Å². The Morgan fingerprint density at radius 3 is 2.00 bits per heavy atom. The van der Waals surface area contributed by atoms with Gasteiger partial charge in [0.15, 0.2) is 5.78 Å². The van der Waals surface area contributed by atoms with Crippen LogP contribution in [0.5, 0.6) is 0 Å². The van der Waals surface area contributed by atoms with E-state index in [4.69, 9.17) is 0 Å². The molecule has 0 aromatic rings. The van der Waals surface area contributed by atoms with Gasteiger partial charge in [0.2, 0.25) is 0 Å². The molecule has 2 heteroatoms. The highest BCUT2D eigenvalue weighted by Gasteiger charge is 2.41. The summed E-state index contributed by atoms with van der Waals surface area (Å²) in [5.41, 5.74) is 1.10. The Morgan fingerprint density at radius 1 is 1.05 bits per heavy atom. The molecule has 0 radical (unpaired) electrons. The van der Waals surface area contributed by atoms with Gasteiger partial charge in [-0.25, -0.2) is 0 Å². The Labute approximate surface area is 119 Å². The number of carbonyl (C=O) groups is 1. The van der Waals surface area contributed by atoms with Gasteiger partial charge in [-0.15, -0.1) is 0 Å². The molecule has 0 atom stereocenters. The lowest BCUT2D eigenvalue weighted by atomic mass is 9.90. The van der Waals surface area contributed by atoms with Crippen molar-refractivity contribution in [1.82, 2.24) is 0 Å². The molecule has 0 saturated heterocycles. The van der Waals surface area contributed by atoms with Crippen LogP contribution in [-0.4, -0.2) is 13.9 Å². The average Bonchev–Trinajstić information content (AvgIpc) is 2.21. The lowest BCUT2D eigenvalue weighted by molar-refractivity contribution is -0.111. The molecule has 1 rings (SSSR count). The molecule has 0 aromatic heterocycles. The molecule has 1 nitrogen and oxygen atoms in total. The van der Waals surface area contributed by atoms with Crippen LogP contribution in [0.25, 0.3) is 0 Å². The van der Waals surface area contributed by atoms with Gasteiger partial charge < -0.3 is 0 Å². The first kappa shape index (κ1) is 16.2. The summed E-state index contributed by atoms with van der Waals surface area (Å²) in [6.45, 7) is 17.7. The van der Waals surface area contributed by atoms with Crippen LogP contribution < -0.4 is 0 Å². The summed E-state index contributed by atoms with van der Waals surface area (Å²) in [4.78, 5) is 12.6. The number of rotatable bonds is 1. The molecule has 1 aliphatic carbocycles. The van der Waals surface area contributed by atoms with Gasteiger partial charge in [0.05, 0.1) is 8.07 Å². The maximum Gasteiger partial charge on any atom is 0.177 e. The molecule has 1 aliphatic rings. The molecule has 0 N–H and O–H groups in total. The van der Waals surface area contributed by atoms with E-state index < -0.39 is 8.07 Å². The van der Waals surface area contributed by atoms with Crippen LogP contribution in [0.15, 0.2) is 35.1 Å². The monoisotopic (exact) mass is 276 g/mol. The number of ketones is 1. The molecule has 0 aliphatic heterocycles. The number of hydrogen-bond acceptors (Lipinski definition) is 1. The van der Waals surface area contributed by atoms with Crippen LogP contribution in [0.2, 0.25) is 18.1 Å². The topological polar surface area (TPSA) is 17.1 Å². The van der Waals surface area contributed by atoms with Crippen molar-refractivity contribution in [3.8, 4) is 0 Å². The third kappa shape index (κ3) is 3.36. The van der Waals surface area contributed by atoms with Crippen molar-refractivity contribution < 1.29 is 4.79 Å². The van der Waals surface area contributed by atoms with Crippen molar-refractivity contribution in [3.05, 3.63) is 35.1 Å². The molecule has 0 saturated carbocycles. The van der Waals surface area contributed by atoms with E-state index in [0.717, 1.165) is 10.8 Å². The second-order valence-electron chi connectivity index (χ2n) is 7.79. The van der Waals surface area contributed by atoms with Gasteiger partial charge in [-0.3, -0.25) is 4.79 Å². The normalized spacial score (nSPS) is 27.7. The van der Waals surface area contributed by atoms with Gasteiger partial charge in [0.25, 0.3) is 0 Å². The summed E-state index contributed by atoms with van der Waals surface area (Å²) in [5, 5.41) is 1.25. The van der Waals surface area contributed by atoms with Crippen molar-refractivity contribution in [1.29, 1.82) is 0 Å². The van der Waals surface area contributed by atoms with Crippen molar-refractivity contribution in [3.63, 3.8) is 0 Å². The van der Waals surface area contributed by atoms with E-state index in [2.05, 4.69) is 66.8 Å². The van der Waals surface area contributed by atoms with Crippen molar-refractivity contribution >= 4 is 13.9 Å². The lowest BCUT2D eigenvalue weighted by Gasteiger charge is -2.39. The predicted molar refractivity (Wildman–Crippen MR) is 87.0 cm³/mol. The van der Waals surface area contributed by atoms with E-state index in [1.54, 1.807) is 6.08 Å². The maximum absolute atomic E-state index is 12.6. The van der Waals surface area contributed by atoms with E-state index in [1.165, 1.54) is 0 Å². The quantitative estimate of drug-likeness (QED) is 0.611. The molecule has 0 heterocycles. The van der Waals surface area contributed by atoms with Gasteiger partial charge in [0.1, 0.15) is 0 Å². The van der Waals surface area contributed by atoms with Crippen LogP contribution in [0.3, 0.4) is 0 Å². The van der Waals surface area contributed by atoms with Crippen molar-refractivity contribution in [2.45, 2.75) is 59.7 Å². The molecule has 0 unspecified atom stereocenters. The van der Waals surface area contributed by atoms with Crippen molar-refractivity contribution in [2.24, 2.45) is 5.41 Å². The number of carbonyl (C=O) groups excluding carboxylic acids is 1. The summed E-state index contributed by atoms with van der Waals surface area (Å²) in [6.07, 6.45) is 8.13. The molecular weight excluding hydrogens is 248 g/mol. The predicted octanol–water partition coefficient (Wildman–Crippen LogP) is 5.07. The summed E-state index contributed by atoms with van der Waals surface area (Å²) >= 11 is 0. The van der Waals surface area contributed by atoms with Gasteiger partial charge in [-0.2, -0.15) is 0 Å². The Kier molecular flexibility index (Phi) is 4.16. The Hall–Kier alpha value is -0.893. The van der Waals surface area contributed by atoms with E-state index in [-0.39, 0.29) is 16.2 Å². The lowest BCUT2D eigenvalue weighted by Crippen LogP contribution is -2.43. The SMILES string of the molecule is CC1=C(\[Si](C)(C)C(C)(C)C)C(=O)/C=C\C(C)(C)/C=C\1. The standard InChI is InChI=1S/C17H28OSi/c1-13-9-11-17(5,6)12-10-14(18)15(13)19(7,8)16(2,3)4/h9-12H,1-8H3/b11-9-,12-10-,15-13+. The zero-order valence-electron chi connectivity index (χ0n) is 13.7. The fraction of sp³-hybridized carbons (Fsp3) is 0.588. The van der Waals surface area contributed by atoms with Gasteiger partial charge in [-0.1, -0.05) is 65.9 Å². The highest BCUT2D eigenvalue weighted by Crippen LogP contribution is 2.42. The van der Waals surface area contributed by atoms with E-state index in [9.17, 15) is 4.79 Å². The first-order valence-corrected chi connectivity index (χ1v) is 10.0. The highest BCUT2D eigenvalue weighted by molar-refractivity contribution is 6.91. The van der Waals surface area contributed by atoms with Crippen LogP contribution >= 0.6 is 0 Å². The molecular formula is C17H28OSi. The van der Waals surface area contributed by atoms with Gasteiger partial charge in [0, 0.05) is 5.41 Å². The minimum absolute atomic E-state index is 0.0458. The first-order chi connectivity index (χ1) is 8.38. The summed E-state index contributed by atoms with van der Waals surface area (Å²) in [7, 11) is -1.80. The molecule has 0 spiro atoms. The second kappa shape index (κ2) is 4.90. The first-order valence-electron chi connectivity index (χ1n) is 7.03. The molecule has 106 valence electrons. The number of allylic oxidation sites excluding steroid dienone is 6. The van der Waals surface area contributed by atoms with E-state index in [0.29, 0.717) is 0 Å². The smallest absolute Gasteiger partial charge is 0.177 e. The van der Waals surface area contributed by atoms with Crippen LogP contribution in [-0.2, 0) is 4.79 Å². The Morgan fingerprint density at radius 2 is 1.53 bits per heavy atom. The van der Waals surface area contributed by atoms with Crippen LogP contribution in [0, 0.1) is 5.41 Å². The zero-order valence-corrected chi connectivity index (χ0v) is 14.7. The summed E-state index contributed by atoms with van der Waals surface area (Å²) in [5.74, 6) is 0.210. The Balaban J connectivity index is 3.45. The van der Waals surface area contributed by atoms with Gasteiger partial charge >= 0.3 is 0 Å². The molecule has 19 heavy (non-hydrogen) atoms. The summed E-state index contributed by atoms with van der Waals surface area (Å²) in [6, 6.07) is 0. The number of hydrogen-bond donors (Lipinski definition) is 0. The molecule has 0 bridgehead atoms. The maximum atomic E-state index is 12.6. The molecule has 0 amide bonds. The van der Waals surface area contributed by atoms with E-state index >= 15 is 0 Å². The Bertz CT molecular complexity index is 468. The largest absolute Gasteiger partial charge is 0.290 e. The minimum Gasteiger partial charge on any atom is -0.290 e.